The van der Waals surface area contributed by atoms with Crippen LogP contribution in [0.5, 0.6) is 0 Å². The average molecular weight is 285 g/mol. The van der Waals surface area contributed by atoms with Crippen LogP contribution >= 0.6 is 24.0 Å². The fourth-order valence-corrected chi connectivity index (χ4v) is 3.04. The number of aliphatic imine (C=N–C) groups is 1. The molecule has 4 heteroatoms. The Morgan fingerprint density at radius 1 is 1.22 bits per heavy atom. The van der Waals surface area contributed by atoms with Gasteiger partial charge >= 0.3 is 0 Å². The minimum atomic E-state index is 0. The van der Waals surface area contributed by atoms with E-state index in [0.717, 1.165) is 36.5 Å². The molecule has 2 nitrogen and oxygen atoms in total. The van der Waals surface area contributed by atoms with E-state index in [4.69, 9.17) is 11.6 Å². The fourth-order valence-electron chi connectivity index (χ4n) is 2.77. The lowest BCUT2D eigenvalue weighted by Crippen LogP contribution is -2.10. The van der Waals surface area contributed by atoms with Gasteiger partial charge in [0, 0.05) is 23.2 Å². The number of rotatable bonds is 1. The summed E-state index contributed by atoms with van der Waals surface area (Å²) >= 11 is 6.22. The summed E-state index contributed by atoms with van der Waals surface area (Å²) in [5.74, 6) is 1.13. The lowest BCUT2D eigenvalue weighted by molar-refractivity contribution is 0.739. The van der Waals surface area contributed by atoms with Crippen molar-refractivity contribution < 1.29 is 0 Å². The minimum Gasteiger partial charge on any atom is -0.344 e. The molecule has 1 unspecified atom stereocenters. The summed E-state index contributed by atoms with van der Waals surface area (Å²) in [7, 11) is 0. The summed E-state index contributed by atoms with van der Waals surface area (Å²) in [5.41, 5.74) is 3.96. The first-order valence-corrected chi connectivity index (χ1v) is 6.76. The van der Waals surface area contributed by atoms with Crippen LogP contribution in [-0.2, 0) is 12.8 Å². The summed E-state index contributed by atoms with van der Waals surface area (Å²) < 4.78 is 0. The zero-order valence-electron chi connectivity index (χ0n) is 10.5. The number of fused-ring (bicyclic) bond motifs is 1. The standard InChI is InChI=1S/C14H17ClN2.ClH/c1-9-5-8-14(16-9)17-13-7-6-12(15)10-3-2-4-11(10)13;/h6-7,9H,2-5,8H2,1H3,(H,16,17);1H. The monoisotopic (exact) mass is 284 g/mol. The average Bonchev–Trinajstić information content (AvgIpc) is 2.92. The minimum absolute atomic E-state index is 0. The maximum atomic E-state index is 6.22. The third kappa shape index (κ3) is 2.50. The molecule has 1 aliphatic heterocycles. The smallest absolute Gasteiger partial charge is 0.101 e. The molecule has 1 N–H and O–H groups in total. The largest absolute Gasteiger partial charge is 0.344 e. The molecule has 0 spiro atoms. The second-order valence-corrected chi connectivity index (χ2v) is 5.40. The molecule has 2 aliphatic rings. The van der Waals surface area contributed by atoms with Crippen molar-refractivity contribution in [3.63, 3.8) is 0 Å². The van der Waals surface area contributed by atoms with E-state index >= 15 is 0 Å². The Morgan fingerprint density at radius 3 is 2.72 bits per heavy atom. The molecule has 0 saturated carbocycles. The van der Waals surface area contributed by atoms with Gasteiger partial charge in [-0.3, -0.25) is 4.99 Å². The molecule has 3 rings (SSSR count). The van der Waals surface area contributed by atoms with Crippen LogP contribution in [0.15, 0.2) is 17.1 Å². The van der Waals surface area contributed by atoms with Crippen LogP contribution in [0.4, 0.5) is 5.69 Å². The van der Waals surface area contributed by atoms with Gasteiger partial charge < -0.3 is 5.32 Å². The van der Waals surface area contributed by atoms with Crippen molar-refractivity contribution >= 4 is 35.5 Å². The van der Waals surface area contributed by atoms with Gasteiger partial charge in [0.2, 0.25) is 0 Å². The first-order valence-electron chi connectivity index (χ1n) is 6.38. The predicted octanol–water partition coefficient (Wildman–Crippen LogP) is 4.24. The molecular formula is C14H18Cl2N2. The molecule has 98 valence electrons. The van der Waals surface area contributed by atoms with Gasteiger partial charge in [-0.15, -0.1) is 12.4 Å². The first-order chi connectivity index (χ1) is 8.24. The van der Waals surface area contributed by atoms with Crippen molar-refractivity contribution in [2.75, 3.05) is 5.32 Å². The maximum Gasteiger partial charge on any atom is 0.101 e. The van der Waals surface area contributed by atoms with Crippen LogP contribution < -0.4 is 5.32 Å². The maximum absolute atomic E-state index is 6.22. The SMILES string of the molecule is CC1CCC(Nc2ccc(Cl)c3c2CCC3)=N1.Cl. The molecule has 1 atom stereocenters. The number of benzene rings is 1. The molecule has 1 aliphatic carbocycles. The summed E-state index contributed by atoms with van der Waals surface area (Å²) in [6.45, 7) is 2.17. The predicted molar refractivity (Wildman–Crippen MR) is 80.5 cm³/mol. The quantitative estimate of drug-likeness (QED) is 0.819. The van der Waals surface area contributed by atoms with Gasteiger partial charge in [-0.2, -0.15) is 0 Å². The van der Waals surface area contributed by atoms with Gasteiger partial charge in [0.15, 0.2) is 0 Å². The van der Waals surface area contributed by atoms with Crippen LogP contribution in [0.2, 0.25) is 5.02 Å². The van der Waals surface area contributed by atoms with Gasteiger partial charge in [-0.1, -0.05) is 11.6 Å². The summed E-state index contributed by atoms with van der Waals surface area (Å²) in [6.07, 6.45) is 5.71. The van der Waals surface area contributed by atoms with Crippen molar-refractivity contribution in [1.82, 2.24) is 0 Å². The van der Waals surface area contributed by atoms with E-state index in [-0.39, 0.29) is 12.4 Å². The molecule has 0 bridgehead atoms. The van der Waals surface area contributed by atoms with Gasteiger partial charge in [-0.25, -0.2) is 0 Å². The summed E-state index contributed by atoms with van der Waals surface area (Å²) in [4.78, 5) is 4.60. The van der Waals surface area contributed by atoms with Crippen molar-refractivity contribution in [3.05, 3.63) is 28.3 Å². The van der Waals surface area contributed by atoms with Crippen LogP contribution in [0.25, 0.3) is 0 Å². The molecule has 1 heterocycles. The van der Waals surface area contributed by atoms with E-state index in [1.54, 1.807) is 0 Å². The van der Waals surface area contributed by atoms with Crippen LogP contribution in [-0.4, -0.2) is 11.9 Å². The third-order valence-corrected chi connectivity index (χ3v) is 4.04. The molecule has 18 heavy (non-hydrogen) atoms. The Balaban J connectivity index is 0.00000120. The molecule has 0 fully saturated rings. The van der Waals surface area contributed by atoms with E-state index in [2.05, 4.69) is 23.3 Å². The number of anilines is 1. The Labute approximate surface area is 119 Å². The van der Waals surface area contributed by atoms with Crippen molar-refractivity contribution in [2.45, 2.75) is 45.1 Å². The van der Waals surface area contributed by atoms with Crippen molar-refractivity contribution in [1.29, 1.82) is 0 Å². The number of nitrogens with one attached hydrogen (secondary N) is 1. The van der Waals surface area contributed by atoms with E-state index in [0.29, 0.717) is 6.04 Å². The Morgan fingerprint density at radius 2 is 2.00 bits per heavy atom. The van der Waals surface area contributed by atoms with Gasteiger partial charge in [0.05, 0.1) is 0 Å². The normalized spacial score (nSPS) is 21.2. The summed E-state index contributed by atoms with van der Waals surface area (Å²) in [5, 5.41) is 4.41. The molecule has 1 aromatic carbocycles. The molecular weight excluding hydrogens is 267 g/mol. The van der Waals surface area contributed by atoms with Crippen molar-refractivity contribution in [2.24, 2.45) is 4.99 Å². The van der Waals surface area contributed by atoms with E-state index in [9.17, 15) is 0 Å². The lowest BCUT2D eigenvalue weighted by atomic mass is 10.1. The van der Waals surface area contributed by atoms with E-state index in [1.165, 1.54) is 23.2 Å². The van der Waals surface area contributed by atoms with Gasteiger partial charge in [0.25, 0.3) is 0 Å². The second kappa shape index (κ2) is 5.50. The first kappa shape index (κ1) is 13.7. The number of halogens is 2. The van der Waals surface area contributed by atoms with Crippen LogP contribution in [0.1, 0.15) is 37.3 Å². The highest BCUT2D eigenvalue weighted by Gasteiger charge is 2.20. The lowest BCUT2D eigenvalue weighted by Gasteiger charge is -2.12. The highest BCUT2D eigenvalue weighted by atomic mass is 35.5. The number of amidine groups is 1. The zero-order valence-corrected chi connectivity index (χ0v) is 12.1. The fraction of sp³-hybridized carbons (Fsp3) is 0.500. The topological polar surface area (TPSA) is 24.4 Å². The molecule has 1 aromatic rings. The van der Waals surface area contributed by atoms with E-state index < -0.39 is 0 Å². The second-order valence-electron chi connectivity index (χ2n) is 4.99. The summed E-state index contributed by atoms with van der Waals surface area (Å²) in [6, 6.07) is 4.57. The molecule has 0 saturated heterocycles. The third-order valence-electron chi connectivity index (χ3n) is 3.68. The van der Waals surface area contributed by atoms with Crippen molar-refractivity contribution in [3.8, 4) is 0 Å². The zero-order chi connectivity index (χ0) is 11.8. The Hall–Kier alpha value is -0.730. The molecule has 0 aromatic heterocycles. The molecule has 0 radical (unpaired) electrons. The number of nitrogens with zero attached hydrogens (tertiary/aromatic N) is 1. The highest BCUT2D eigenvalue weighted by Crippen LogP contribution is 2.34. The van der Waals surface area contributed by atoms with Crippen LogP contribution in [0.3, 0.4) is 0 Å². The Bertz CT molecular complexity index is 483. The highest BCUT2D eigenvalue weighted by molar-refractivity contribution is 6.31. The Kier molecular flexibility index (Phi) is 4.18. The molecule has 0 amide bonds. The number of hydrogen-bond acceptors (Lipinski definition) is 2. The van der Waals surface area contributed by atoms with Crippen LogP contribution in [0, 0.1) is 0 Å². The van der Waals surface area contributed by atoms with Gasteiger partial charge in [0.1, 0.15) is 5.84 Å². The van der Waals surface area contributed by atoms with E-state index in [1.807, 2.05) is 6.07 Å². The number of hydrogen-bond donors (Lipinski definition) is 1. The van der Waals surface area contributed by atoms with Gasteiger partial charge in [-0.05, 0) is 55.9 Å².